The zero-order valence-corrected chi connectivity index (χ0v) is 22.9. The van der Waals surface area contributed by atoms with Crippen molar-refractivity contribution in [1.29, 1.82) is 0 Å². The molecular formula is C33H25F2O3S2+. The van der Waals surface area contributed by atoms with Crippen molar-refractivity contribution in [3.8, 4) is 5.75 Å². The van der Waals surface area contributed by atoms with E-state index in [2.05, 4.69) is 0 Å². The van der Waals surface area contributed by atoms with Crippen LogP contribution >= 0.6 is 11.8 Å². The Kier molecular flexibility index (Phi) is 8.96. The maximum absolute atomic E-state index is 13.6. The lowest BCUT2D eigenvalue weighted by Gasteiger charge is -2.09. The Morgan fingerprint density at radius 2 is 1.02 bits per heavy atom. The molecule has 0 aliphatic carbocycles. The van der Waals surface area contributed by atoms with E-state index in [0.29, 0.717) is 16.9 Å². The van der Waals surface area contributed by atoms with Gasteiger partial charge in [-0.25, -0.2) is 8.78 Å². The van der Waals surface area contributed by atoms with Crippen molar-refractivity contribution in [3.05, 3.63) is 144 Å². The fraction of sp³-hybridized carbons (Fsp3) is 0.0606. The number of ketones is 1. The van der Waals surface area contributed by atoms with Crippen LogP contribution in [0.15, 0.2) is 146 Å². The van der Waals surface area contributed by atoms with Gasteiger partial charge in [-0.15, -0.1) is 0 Å². The van der Waals surface area contributed by atoms with Crippen LogP contribution in [-0.2, 0) is 10.9 Å². The second-order valence-corrected chi connectivity index (χ2v) is 11.9. The van der Waals surface area contributed by atoms with E-state index >= 15 is 0 Å². The van der Waals surface area contributed by atoms with Crippen LogP contribution in [0, 0.1) is 11.6 Å². The van der Waals surface area contributed by atoms with E-state index in [1.54, 1.807) is 60.3 Å². The molecule has 5 rings (SSSR count). The molecule has 0 spiro atoms. The second kappa shape index (κ2) is 13.0. The predicted molar refractivity (Wildman–Crippen MR) is 154 cm³/mol. The summed E-state index contributed by atoms with van der Waals surface area (Å²) in [5.41, 5.74) is 1.15. The van der Waals surface area contributed by atoms with Crippen LogP contribution in [0.4, 0.5) is 8.78 Å². The first-order valence-corrected chi connectivity index (χ1v) is 14.6. The molecule has 40 heavy (non-hydrogen) atoms. The van der Waals surface area contributed by atoms with Crippen LogP contribution < -0.4 is 4.74 Å². The summed E-state index contributed by atoms with van der Waals surface area (Å²) in [7, 11) is -0.515. The molecule has 0 aliphatic heterocycles. The Balaban J connectivity index is 1.29. The fourth-order valence-corrected chi connectivity index (χ4v) is 6.89. The Bertz CT molecular complexity index is 1510. The molecule has 0 heterocycles. The molecule has 0 unspecified atom stereocenters. The molecular weight excluding hydrogens is 546 g/mol. The monoisotopic (exact) mass is 571 g/mol. The maximum Gasteiger partial charge on any atom is 0.193 e. The summed E-state index contributed by atoms with van der Waals surface area (Å²) in [5.74, 6) is -0.0750. The average molecular weight is 572 g/mol. The van der Waals surface area contributed by atoms with Crippen LogP contribution in [0.5, 0.6) is 5.75 Å². The molecule has 5 aromatic carbocycles. The fourth-order valence-electron chi connectivity index (χ4n) is 4.04. The molecule has 0 fully saturated rings. The van der Waals surface area contributed by atoms with Crippen LogP contribution in [0.25, 0.3) is 0 Å². The van der Waals surface area contributed by atoms with Gasteiger partial charge in [0.05, 0.1) is 17.5 Å². The van der Waals surface area contributed by atoms with Crippen LogP contribution in [0.2, 0.25) is 0 Å². The third-order valence-electron chi connectivity index (χ3n) is 5.99. The molecule has 0 bridgehead atoms. The number of hydrogen-bond donors (Lipinski definition) is 1. The number of benzene rings is 5. The number of halogens is 2. The van der Waals surface area contributed by atoms with E-state index in [-0.39, 0.29) is 30.6 Å². The first-order chi connectivity index (χ1) is 19.5. The largest absolute Gasteiger partial charge is 0.491 e. The lowest BCUT2D eigenvalue weighted by molar-refractivity contribution is 0.103. The highest BCUT2D eigenvalue weighted by molar-refractivity contribution is 7.99. The second-order valence-electron chi connectivity index (χ2n) is 8.74. The third kappa shape index (κ3) is 6.80. The van der Waals surface area contributed by atoms with Crippen molar-refractivity contribution < 1.29 is 23.4 Å². The van der Waals surface area contributed by atoms with Gasteiger partial charge in [0.2, 0.25) is 0 Å². The molecule has 0 radical (unpaired) electrons. The summed E-state index contributed by atoms with van der Waals surface area (Å²) >= 11 is 1.58. The minimum atomic E-state index is -0.515. The predicted octanol–water partition coefficient (Wildman–Crippen LogP) is 7.81. The summed E-state index contributed by atoms with van der Waals surface area (Å²) in [5, 5.41) is 8.87. The standard InChI is InChI=1S/C33H25F2O3S2/c34-25-5-15-30(16-6-25)40(31-17-7-26(35)8-18-31)32-19-13-29(14-20-32)39-28-11-3-24(4-12-28)33(37)23-1-9-27(10-2-23)38-22-21-36/h1-20,36H,21-22H2/q+1. The molecule has 0 saturated heterocycles. The molecule has 5 aromatic rings. The third-order valence-corrected chi connectivity index (χ3v) is 9.23. The van der Waals surface area contributed by atoms with Gasteiger partial charge in [-0.1, -0.05) is 11.8 Å². The minimum Gasteiger partial charge on any atom is -0.491 e. The maximum atomic E-state index is 13.6. The summed E-state index contributed by atoms with van der Waals surface area (Å²) in [4.78, 5) is 17.8. The van der Waals surface area contributed by atoms with Gasteiger partial charge in [0, 0.05) is 20.9 Å². The minimum absolute atomic E-state index is 0.0674. The Hall–Kier alpha value is -3.91. The number of ether oxygens (including phenoxy) is 1. The summed E-state index contributed by atoms with van der Waals surface area (Å²) in [6.45, 7) is 0.140. The number of carbonyl (C=O) groups is 1. The van der Waals surface area contributed by atoms with Crippen molar-refractivity contribution in [2.45, 2.75) is 24.5 Å². The van der Waals surface area contributed by atoms with Crippen molar-refractivity contribution in [3.63, 3.8) is 0 Å². The molecule has 1 N–H and O–H groups in total. The number of rotatable bonds is 10. The normalized spacial score (nSPS) is 11.0. The number of carbonyl (C=O) groups excluding carboxylic acids is 1. The zero-order chi connectivity index (χ0) is 27.9. The van der Waals surface area contributed by atoms with Gasteiger partial charge >= 0.3 is 0 Å². The number of aliphatic hydroxyl groups excluding tert-OH is 1. The van der Waals surface area contributed by atoms with E-state index in [0.717, 1.165) is 24.5 Å². The summed E-state index contributed by atoms with van der Waals surface area (Å²) in [6.07, 6.45) is 0. The molecule has 0 saturated carbocycles. The van der Waals surface area contributed by atoms with Gasteiger partial charge in [0.1, 0.15) is 24.0 Å². The van der Waals surface area contributed by atoms with E-state index in [4.69, 9.17) is 9.84 Å². The zero-order valence-electron chi connectivity index (χ0n) is 21.3. The molecule has 7 heteroatoms. The molecule has 0 atom stereocenters. The smallest absolute Gasteiger partial charge is 0.193 e. The van der Waals surface area contributed by atoms with Gasteiger partial charge < -0.3 is 9.84 Å². The first-order valence-electron chi connectivity index (χ1n) is 12.5. The topological polar surface area (TPSA) is 46.5 Å². The van der Waals surface area contributed by atoms with Crippen LogP contribution in [0.1, 0.15) is 15.9 Å². The van der Waals surface area contributed by atoms with Gasteiger partial charge in [-0.2, -0.15) is 0 Å². The van der Waals surface area contributed by atoms with E-state index < -0.39 is 10.9 Å². The van der Waals surface area contributed by atoms with Crippen molar-refractivity contribution in [2.75, 3.05) is 13.2 Å². The van der Waals surface area contributed by atoms with Crippen molar-refractivity contribution in [2.24, 2.45) is 0 Å². The molecule has 3 nitrogen and oxygen atoms in total. The van der Waals surface area contributed by atoms with Gasteiger partial charge in [0.25, 0.3) is 0 Å². The quantitative estimate of drug-likeness (QED) is 0.137. The van der Waals surface area contributed by atoms with Gasteiger partial charge in [-0.05, 0) is 121 Å². The van der Waals surface area contributed by atoms with Crippen molar-refractivity contribution >= 4 is 28.4 Å². The molecule has 0 aliphatic rings. The van der Waals surface area contributed by atoms with E-state index in [9.17, 15) is 13.6 Å². The summed E-state index contributed by atoms with van der Waals surface area (Å²) in [6, 6.07) is 35.4. The Labute approximate surface area is 238 Å². The summed E-state index contributed by atoms with van der Waals surface area (Å²) < 4.78 is 32.5. The van der Waals surface area contributed by atoms with Crippen molar-refractivity contribution in [1.82, 2.24) is 0 Å². The van der Waals surface area contributed by atoms with E-state index in [1.165, 1.54) is 24.3 Å². The lowest BCUT2D eigenvalue weighted by atomic mass is 10.0. The number of aliphatic hydroxyl groups is 1. The molecule has 0 amide bonds. The SMILES string of the molecule is O=C(c1ccc(OCCO)cc1)c1ccc(Sc2ccc([S+](c3ccc(F)cc3)c3ccc(F)cc3)cc2)cc1. The first kappa shape index (κ1) is 27.6. The Morgan fingerprint density at radius 3 is 1.48 bits per heavy atom. The van der Waals surface area contributed by atoms with Crippen LogP contribution in [0.3, 0.4) is 0 Å². The highest BCUT2D eigenvalue weighted by Crippen LogP contribution is 2.34. The number of hydrogen-bond acceptors (Lipinski definition) is 4. The lowest BCUT2D eigenvalue weighted by Crippen LogP contribution is -2.05. The van der Waals surface area contributed by atoms with Gasteiger partial charge in [-0.3, -0.25) is 4.79 Å². The average Bonchev–Trinajstić information content (AvgIpc) is 2.99. The van der Waals surface area contributed by atoms with E-state index in [1.807, 2.05) is 48.5 Å². The molecule has 200 valence electrons. The molecule has 0 aromatic heterocycles. The highest BCUT2D eigenvalue weighted by atomic mass is 32.2. The highest BCUT2D eigenvalue weighted by Gasteiger charge is 2.28. The Morgan fingerprint density at radius 1 is 0.625 bits per heavy atom. The van der Waals surface area contributed by atoms with Gasteiger partial charge in [0.15, 0.2) is 20.5 Å². The van der Waals surface area contributed by atoms with Crippen LogP contribution in [-0.4, -0.2) is 24.1 Å².